The summed E-state index contributed by atoms with van der Waals surface area (Å²) in [5.74, 6) is 1.70. The fraction of sp³-hybridized carbons (Fsp3) is 0.875. The van der Waals surface area contributed by atoms with Crippen LogP contribution in [0.4, 0.5) is 0 Å². The van der Waals surface area contributed by atoms with E-state index in [1.165, 1.54) is 0 Å². The summed E-state index contributed by atoms with van der Waals surface area (Å²) in [6.45, 7) is 6.46. The number of nitrogens with one attached hydrogen (secondary N) is 1. The van der Waals surface area contributed by atoms with Crippen molar-refractivity contribution in [1.29, 1.82) is 0 Å². The minimum Gasteiger partial charge on any atom is -0.378 e. The number of carbonyl (C=O) groups is 2. The summed E-state index contributed by atoms with van der Waals surface area (Å²) in [5.41, 5.74) is 0. The van der Waals surface area contributed by atoms with Crippen LogP contribution in [0.15, 0.2) is 0 Å². The van der Waals surface area contributed by atoms with Crippen LogP contribution in [0.25, 0.3) is 0 Å². The minimum atomic E-state index is 0. The molecule has 7 heteroatoms. The number of rotatable bonds is 3. The number of ether oxygens (including phenoxy) is 1. The van der Waals surface area contributed by atoms with Crippen LogP contribution in [0.1, 0.15) is 25.7 Å². The molecule has 3 heterocycles. The maximum Gasteiger partial charge on any atom is 0.223 e. The van der Waals surface area contributed by atoms with Crippen LogP contribution in [0, 0.1) is 11.8 Å². The Morgan fingerprint density at radius 1 is 0.870 bits per heavy atom. The van der Waals surface area contributed by atoms with Crippen molar-refractivity contribution in [2.45, 2.75) is 25.7 Å². The van der Waals surface area contributed by atoms with E-state index in [9.17, 15) is 9.59 Å². The number of likely N-dealkylation sites (tertiary alicyclic amines) is 1. The van der Waals surface area contributed by atoms with Crippen molar-refractivity contribution >= 4 is 24.2 Å². The number of hydrogen-bond donors (Lipinski definition) is 1. The Hall–Kier alpha value is -0.850. The Morgan fingerprint density at radius 2 is 1.35 bits per heavy atom. The molecule has 0 spiro atoms. The molecule has 23 heavy (non-hydrogen) atoms. The molecule has 0 aromatic carbocycles. The summed E-state index contributed by atoms with van der Waals surface area (Å²) in [6.07, 6.45) is 2.88. The minimum absolute atomic E-state index is 0. The Balaban J connectivity index is 0.00000192. The molecule has 3 fully saturated rings. The smallest absolute Gasteiger partial charge is 0.223 e. The molecule has 6 nitrogen and oxygen atoms in total. The average Bonchev–Trinajstić information content (AvgIpc) is 2.91. The number of halogens is 1. The van der Waals surface area contributed by atoms with E-state index in [-0.39, 0.29) is 24.2 Å². The molecule has 132 valence electrons. The van der Waals surface area contributed by atoms with Crippen molar-refractivity contribution in [3.8, 4) is 0 Å². The van der Waals surface area contributed by atoms with Crippen LogP contribution in [-0.2, 0) is 14.3 Å². The van der Waals surface area contributed by atoms with E-state index in [1.807, 2.05) is 9.80 Å². The number of carbonyl (C=O) groups excluding carboxylic acids is 2. The first kappa shape index (κ1) is 18.5. The van der Waals surface area contributed by atoms with Gasteiger partial charge in [0.15, 0.2) is 0 Å². The van der Waals surface area contributed by atoms with Crippen LogP contribution >= 0.6 is 12.4 Å². The van der Waals surface area contributed by atoms with Gasteiger partial charge in [-0.2, -0.15) is 0 Å². The Morgan fingerprint density at radius 3 is 1.87 bits per heavy atom. The van der Waals surface area contributed by atoms with E-state index >= 15 is 0 Å². The third-order valence-electron chi connectivity index (χ3n) is 5.29. The second-order valence-corrected chi connectivity index (χ2v) is 6.63. The summed E-state index contributed by atoms with van der Waals surface area (Å²) < 4.78 is 5.25. The molecule has 0 aromatic heterocycles. The van der Waals surface area contributed by atoms with E-state index in [2.05, 4.69) is 5.32 Å². The van der Waals surface area contributed by atoms with Gasteiger partial charge in [-0.1, -0.05) is 0 Å². The van der Waals surface area contributed by atoms with Crippen LogP contribution in [0.3, 0.4) is 0 Å². The first-order valence-electron chi connectivity index (χ1n) is 8.58. The Labute approximate surface area is 144 Å². The van der Waals surface area contributed by atoms with Gasteiger partial charge in [0, 0.05) is 39.0 Å². The number of nitrogens with zero attached hydrogens (tertiary/aromatic N) is 2. The van der Waals surface area contributed by atoms with Crippen molar-refractivity contribution in [3.05, 3.63) is 0 Å². The monoisotopic (exact) mass is 345 g/mol. The topological polar surface area (TPSA) is 61.9 Å². The highest BCUT2D eigenvalue weighted by molar-refractivity contribution is 5.85. The van der Waals surface area contributed by atoms with Crippen LogP contribution < -0.4 is 5.32 Å². The van der Waals surface area contributed by atoms with Gasteiger partial charge >= 0.3 is 0 Å². The van der Waals surface area contributed by atoms with Gasteiger partial charge in [0.05, 0.1) is 13.2 Å². The van der Waals surface area contributed by atoms with Gasteiger partial charge < -0.3 is 19.9 Å². The Kier molecular flexibility index (Phi) is 7.11. The lowest BCUT2D eigenvalue weighted by atomic mass is 9.92. The third kappa shape index (κ3) is 4.81. The molecule has 0 saturated carbocycles. The van der Waals surface area contributed by atoms with Crippen molar-refractivity contribution in [3.63, 3.8) is 0 Å². The van der Waals surface area contributed by atoms with E-state index in [4.69, 9.17) is 4.74 Å². The zero-order valence-corrected chi connectivity index (χ0v) is 14.5. The highest BCUT2D eigenvalue weighted by atomic mass is 35.5. The first-order valence-corrected chi connectivity index (χ1v) is 8.58. The summed E-state index contributed by atoms with van der Waals surface area (Å²) in [6, 6.07) is 0. The lowest BCUT2D eigenvalue weighted by Crippen LogP contribution is -2.41. The van der Waals surface area contributed by atoms with Crippen molar-refractivity contribution in [1.82, 2.24) is 15.1 Å². The summed E-state index contributed by atoms with van der Waals surface area (Å²) >= 11 is 0. The molecular formula is C16H28ClN3O3. The first-order chi connectivity index (χ1) is 10.7. The van der Waals surface area contributed by atoms with Gasteiger partial charge in [-0.15, -0.1) is 12.4 Å². The molecule has 0 aliphatic carbocycles. The molecule has 0 unspecified atom stereocenters. The quantitative estimate of drug-likeness (QED) is 0.809. The standard InChI is InChI=1S/C16H27N3O3.ClH/c20-15(1-2-16(21)19-7-9-22-10-8-19)18-5-3-13-11-17-12-14(13)4-6-18;/h13-14,17H,1-12H2;1H/t13-,14+;. The predicted molar refractivity (Wildman–Crippen MR) is 89.5 cm³/mol. The molecule has 2 atom stereocenters. The van der Waals surface area contributed by atoms with E-state index < -0.39 is 0 Å². The van der Waals surface area contributed by atoms with Gasteiger partial charge in [-0.25, -0.2) is 0 Å². The fourth-order valence-corrected chi connectivity index (χ4v) is 3.81. The summed E-state index contributed by atoms with van der Waals surface area (Å²) in [7, 11) is 0. The van der Waals surface area contributed by atoms with E-state index in [0.717, 1.165) is 50.9 Å². The lowest BCUT2D eigenvalue weighted by Gasteiger charge is -2.27. The Bertz CT molecular complexity index is 401. The summed E-state index contributed by atoms with van der Waals surface area (Å²) in [4.78, 5) is 28.3. The third-order valence-corrected chi connectivity index (χ3v) is 5.29. The highest BCUT2D eigenvalue weighted by Gasteiger charge is 2.31. The average molecular weight is 346 g/mol. The van der Waals surface area contributed by atoms with Crippen molar-refractivity contribution in [2.75, 3.05) is 52.5 Å². The molecule has 0 aromatic rings. The van der Waals surface area contributed by atoms with Crippen molar-refractivity contribution < 1.29 is 14.3 Å². The molecule has 3 rings (SSSR count). The van der Waals surface area contributed by atoms with Gasteiger partial charge in [0.1, 0.15) is 0 Å². The fourth-order valence-electron chi connectivity index (χ4n) is 3.81. The molecule has 3 aliphatic rings. The largest absolute Gasteiger partial charge is 0.378 e. The van der Waals surface area contributed by atoms with Crippen LogP contribution in [0.5, 0.6) is 0 Å². The SMILES string of the molecule is Cl.O=C(CCC(=O)N1CC[C@@H]2CNC[C@@H]2CC1)N1CCOCC1. The highest BCUT2D eigenvalue weighted by Crippen LogP contribution is 2.27. The molecule has 0 bridgehead atoms. The number of fused-ring (bicyclic) bond motifs is 1. The van der Waals surface area contributed by atoms with Gasteiger partial charge in [0.25, 0.3) is 0 Å². The number of amides is 2. The van der Waals surface area contributed by atoms with Crippen molar-refractivity contribution in [2.24, 2.45) is 11.8 Å². The lowest BCUT2D eigenvalue weighted by molar-refractivity contribution is -0.139. The molecule has 3 saturated heterocycles. The zero-order valence-electron chi connectivity index (χ0n) is 13.7. The normalized spacial score (nSPS) is 27.8. The predicted octanol–water partition coefficient (Wildman–Crippen LogP) is 0.505. The molecule has 1 N–H and O–H groups in total. The van der Waals surface area contributed by atoms with Gasteiger partial charge in [-0.3, -0.25) is 9.59 Å². The molecular weight excluding hydrogens is 318 g/mol. The zero-order chi connectivity index (χ0) is 15.4. The second-order valence-electron chi connectivity index (χ2n) is 6.63. The molecule has 0 radical (unpaired) electrons. The van der Waals surface area contributed by atoms with Gasteiger partial charge in [0.2, 0.25) is 11.8 Å². The summed E-state index contributed by atoms with van der Waals surface area (Å²) in [5, 5.41) is 3.45. The number of morpholine rings is 1. The van der Waals surface area contributed by atoms with Gasteiger partial charge in [-0.05, 0) is 37.8 Å². The van der Waals surface area contributed by atoms with E-state index in [1.54, 1.807) is 0 Å². The molecule has 3 aliphatic heterocycles. The maximum absolute atomic E-state index is 12.4. The maximum atomic E-state index is 12.4. The number of hydrogen-bond acceptors (Lipinski definition) is 4. The van der Waals surface area contributed by atoms with Crippen LogP contribution in [-0.4, -0.2) is 74.1 Å². The van der Waals surface area contributed by atoms with Crippen LogP contribution in [0.2, 0.25) is 0 Å². The second kappa shape index (κ2) is 8.85. The molecule has 2 amide bonds. The van der Waals surface area contributed by atoms with E-state index in [0.29, 0.717) is 39.1 Å².